The Balaban J connectivity index is 1.58. The lowest BCUT2D eigenvalue weighted by Gasteiger charge is -2.08. The van der Waals surface area contributed by atoms with Crippen molar-refractivity contribution in [1.82, 2.24) is 19.7 Å². The predicted molar refractivity (Wildman–Crippen MR) is 89.2 cm³/mol. The number of hydrogen-bond acceptors (Lipinski definition) is 5. The molecule has 1 N–H and O–H groups in total. The molecular formula is C17H16FN5O2. The second-order valence-electron chi connectivity index (χ2n) is 5.40. The van der Waals surface area contributed by atoms with E-state index in [1.165, 1.54) is 36.7 Å². The second kappa shape index (κ2) is 7.08. The van der Waals surface area contributed by atoms with Gasteiger partial charge in [-0.2, -0.15) is 5.10 Å². The summed E-state index contributed by atoms with van der Waals surface area (Å²) in [6.45, 7) is 3.59. The Bertz CT molecular complexity index is 875. The zero-order valence-corrected chi connectivity index (χ0v) is 13.7. The van der Waals surface area contributed by atoms with Crippen molar-refractivity contribution in [2.24, 2.45) is 0 Å². The standard InChI is InChI=1S/C17H16FN5O2/c1-11-7-12(2)23(22-11)17-19-8-14(9-20-17)21-16(24)10-25-15-5-3-13(18)4-6-15/h3-9H,10H2,1-2H3,(H,21,24). The van der Waals surface area contributed by atoms with Gasteiger partial charge in [-0.15, -0.1) is 0 Å². The minimum atomic E-state index is -0.369. The number of aryl methyl sites for hydroxylation is 2. The Morgan fingerprint density at radius 2 is 1.88 bits per heavy atom. The van der Waals surface area contributed by atoms with E-state index in [0.717, 1.165) is 11.4 Å². The van der Waals surface area contributed by atoms with Gasteiger partial charge in [0.25, 0.3) is 11.9 Å². The van der Waals surface area contributed by atoms with Crippen LogP contribution >= 0.6 is 0 Å². The van der Waals surface area contributed by atoms with Crippen molar-refractivity contribution in [3.63, 3.8) is 0 Å². The Kier molecular flexibility index (Phi) is 4.69. The Morgan fingerprint density at radius 1 is 1.20 bits per heavy atom. The number of carbonyl (C=O) groups excluding carboxylic acids is 1. The van der Waals surface area contributed by atoms with Gasteiger partial charge in [0.05, 0.1) is 23.8 Å². The molecule has 0 bridgehead atoms. The Morgan fingerprint density at radius 3 is 2.48 bits per heavy atom. The van der Waals surface area contributed by atoms with Crippen molar-refractivity contribution in [3.05, 3.63) is 59.9 Å². The van der Waals surface area contributed by atoms with Crippen LogP contribution in [0, 0.1) is 19.7 Å². The van der Waals surface area contributed by atoms with E-state index >= 15 is 0 Å². The molecule has 3 rings (SSSR count). The molecule has 2 aromatic heterocycles. The van der Waals surface area contributed by atoms with Gasteiger partial charge < -0.3 is 10.1 Å². The number of amides is 1. The van der Waals surface area contributed by atoms with E-state index in [2.05, 4.69) is 20.4 Å². The highest BCUT2D eigenvalue weighted by Gasteiger charge is 2.08. The van der Waals surface area contributed by atoms with Crippen LogP contribution in [0.5, 0.6) is 5.75 Å². The number of nitrogens with zero attached hydrogens (tertiary/aromatic N) is 4. The molecule has 0 aliphatic rings. The van der Waals surface area contributed by atoms with E-state index in [4.69, 9.17) is 4.74 Å². The lowest BCUT2D eigenvalue weighted by Crippen LogP contribution is -2.20. The summed E-state index contributed by atoms with van der Waals surface area (Å²) in [5.74, 6) is 0.0993. The van der Waals surface area contributed by atoms with E-state index in [9.17, 15) is 9.18 Å². The Hall–Kier alpha value is -3.29. The minimum Gasteiger partial charge on any atom is -0.484 e. The predicted octanol–water partition coefficient (Wildman–Crippen LogP) is 2.44. The van der Waals surface area contributed by atoms with E-state index in [-0.39, 0.29) is 18.3 Å². The molecule has 0 aliphatic carbocycles. The summed E-state index contributed by atoms with van der Waals surface area (Å²) in [7, 11) is 0. The second-order valence-corrected chi connectivity index (χ2v) is 5.40. The maximum Gasteiger partial charge on any atom is 0.262 e. The molecule has 1 aromatic carbocycles. The quantitative estimate of drug-likeness (QED) is 0.771. The van der Waals surface area contributed by atoms with Gasteiger partial charge in [-0.25, -0.2) is 19.0 Å². The highest BCUT2D eigenvalue weighted by atomic mass is 19.1. The SMILES string of the molecule is Cc1cc(C)n(-c2ncc(NC(=O)COc3ccc(F)cc3)cn2)n1. The van der Waals surface area contributed by atoms with Gasteiger partial charge in [0, 0.05) is 5.69 Å². The number of halogens is 1. The summed E-state index contributed by atoms with van der Waals surface area (Å²) in [5, 5.41) is 6.93. The average Bonchev–Trinajstić information content (AvgIpc) is 2.93. The van der Waals surface area contributed by atoms with Crippen molar-refractivity contribution in [3.8, 4) is 11.7 Å². The van der Waals surface area contributed by atoms with Gasteiger partial charge in [-0.3, -0.25) is 4.79 Å². The highest BCUT2D eigenvalue weighted by molar-refractivity contribution is 5.91. The van der Waals surface area contributed by atoms with E-state index in [1.807, 2.05) is 19.9 Å². The third kappa shape index (κ3) is 4.17. The molecule has 0 unspecified atom stereocenters. The zero-order chi connectivity index (χ0) is 17.8. The van der Waals surface area contributed by atoms with Gasteiger partial charge >= 0.3 is 0 Å². The molecule has 0 atom stereocenters. The van der Waals surface area contributed by atoms with Crippen molar-refractivity contribution in [2.75, 3.05) is 11.9 Å². The normalized spacial score (nSPS) is 10.5. The first-order chi connectivity index (χ1) is 12.0. The van der Waals surface area contributed by atoms with Crippen LogP contribution in [0.3, 0.4) is 0 Å². The van der Waals surface area contributed by atoms with E-state index in [1.54, 1.807) is 4.68 Å². The molecule has 2 heterocycles. The Labute approximate surface area is 143 Å². The first-order valence-electron chi connectivity index (χ1n) is 7.55. The molecular weight excluding hydrogens is 325 g/mol. The largest absolute Gasteiger partial charge is 0.484 e. The van der Waals surface area contributed by atoms with Crippen LogP contribution in [-0.2, 0) is 4.79 Å². The number of ether oxygens (including phenoxy) is 1. The molecule has 25 heavy (non-hydrogen) atoms. The van der Waals surface area contributed by atoms with Gasteiger partial charge in [0.2, 0.25) is 0 Å². The summed E-state index contributed by atoms with van der Waals surface area (Å²) in [6.07, 6.45) is 2.99. The van der Waals surface area contributed by atoms with Crippen LogP contribution in [0.15, 0.2) is 42.7 Å². The number of aromatic nitrogens is 4. The maximum atomic E-state index is 12.8. The average molecular weight is 341 g/mol. The third-order valence-corrected chi connectivity index (χ3v) is 3.30. The topological polar surface area (TPSA) is 81.9 Å². The van der Waals surface area contributed by atoms with E-state index < -0.39 is 0 Å². The first kappa shape index (κ1) is 16.6. The fourth-order valence-electron chi connectivity index (χ4n) is 2.20. The van der Waals surface area contributed by atoms with Gasteiger partial charge in [0.15, 0.2) is 6.61 Å². The fourth-order valence-corrected chi connectivity index (χ4v) is 2.20. The summed E-state index contributed by atoms with van der Waals surface area (Å²) in [6, 6.07) is 7.35. The molecule has 8 heteroatoms. The monoisotopic (exact) mass is 341 g/mol. The summed E-state index contributed by atoms with van der Waals surface area (Å²) < 4.78 is 19.7. The van der Waals surface area contributed by atoms with Gasteiger partial charge in [0.1, 0.15) is 11.6 Å². The van der Waals surface area contributed by atoms with Crippen molar-refractivity contribution in [2.45, 2.75) is 13.8 Å². The van der Waals surface area contributed by atoms with Crippen molar-refractivity contribution < 1.29 is 13.9 Å². The smallest absolute Gasteiger partial charge is 0.262 e. The van der Waals surface area contributed by atoms with Crippen LogP contribution in [0.2, 0.25) is 0 Å². The molecule has 0 spiro atoms. The highest BCUT2D eigenvalue weighted by Crippen LogP contribution is 2.12. The van der Waals surface area contributed by atoms with Crippen LogP contribution in [0.25, 0.3) is 5.95 Å². The van der Waals surface area contributed by atoms with Crippen molar-refractivity contribution >= 4 is 11.6 Å². The fraction of sp³-hybridized carbons (Fsp3) is 0.176. The van der Waals surface area contributed by atoms with Gasteiger partial charge in [-0.05, 0) is 44.2 Å². The lowest BCUT2D eigenvalue weighted by molar-refractivity contribution is -0.118. The molecule has 0 saturated carbocycles. The number of rotatable bonds is 5. The minimum absolute atomic E-state index is 0.204. The molecule has 0 aliphatic heterocycles. The summed E-state index contributed by atoms with van der Waals surface area (Å²) >= 11 is 0. The number of carbonyl (C=O) groups is 1. The van der Waals surface area contributed by atoms with Crippen molar-refractivity contribution in [1.29, 1.82) is 0 Å². The van der Waals surface area contributed by atoms with E-state index in [0.29, 0.717) is 17.4 Å². The molecule has 3 aromatic rings. The molecule has 0 fully saturated rings. The molecule has 0 radical (unpaired) electrons. The number of anilines is 1. The molecule has 7 nitrogen and oxygen atoms in total. The lowest BCUT2D eigenvalue weighted by atomic mass is 10.3. The molecule has 1 amide bonds. The van der Waals surface area contributed by atoms with Crippen LogP contribution in [0.1, 0.15) is 11.4 Å². The summed E-state index contributed by atoms with van der Waals surface area (Å²) in [5.41, 5.74) is 2.23. The molecule has 0 saturated heterocycles. The molecule has 128 valence electrons. The van der Waals surface area contributed by atoms with Crippen LogP contribution < -0.4 is 10.1 Å². The maximum absolute atomic E-state index is 12.8. The van der Waals surface area contributed by atoms with Crippen LogP contribution in [0.4, 0.5) is 10.1 Å². The first-order valence-corrected chi connectivity index (χ1v) is 7.55. The summed E-state index contributed by atoms with van der Waals surface area (Å²) in [4.78, 5) is 20.3. The third-order valence-electron chi connectivity index (χ3n) is 3.30. The number of nitrogens with one attached hydrogen (secondary N) is 1. The van der Waals surface area contributed by atoms with Crippen LogP contribution in [-0.4, -0.2) is 32.3 Å². The number of benzene rings is 1. The van der Waals surface area contributed by atoms with Gasteiger partial charge in [-0.1, -0.05) is 0 Å². The zero-order valence-electron chi connectivity index (χ0n) is 13.7. The number of hydrogen-bond donors (Lipinski definition) is 1.